The van der Waals surface area contributed by atoms with Gasteiger partial charge in [-0.25, -0.2) is 0 Å². The maximum absolute atomic E-state index is 8.43. The molecule has 1 aliphatic rings. The fourth-order valence-electron chi connectivity index (χ4n) is 0.199. The molecule has 0 heterocycles. The fraction of sp³-hybridized carbons (Fsp3) is 1.00. The van der Waals surface area contributed by atoms with E-state index in [0.29, 0.717) is 6.42 Å². The molecule has 0 aromatic carbocycles. The minimum atomic E-state index is -0.792. The van der Waals surface area contributed by atoms with Gasteiger partial charge in [0.15, 0.2) is 0 Å². The van der Waals surface area contributed by atoms with Crippen LogP contribution in [0, 0.1) is 0 Å². The van der Waals surface area contributed by atoms with Gasteiger partial charge < -0.3 is 5.11 Å². The third-order valence-electron chi connectivity index (χ3n) is 0.793. The summed E-state index contributed by atoms with van der Waals surface area (Å²) < 4.78 is -0.792. The zero-order valence-corrected chi connectivity index (χ0v) is 4.50. The lowest BCUT2D eigenvalue weighted by atomic mass is 10.9. The van der Waals surface area contributed by atoms with Crippen molar-refractivity contribution >= 4 is 23.2 Å². The van der Waals surface area contributed by atoms with Crippen LogP contribution in [0.2, 0.25) is 0 Å². The van der Waals surface area contributed by atoms with E-state index in [1.165, 1.54) is 0 Å². The predicted octanol–water partition coefficient (Wildman–Crippen LogP) is 0.925. The van der Waals surface area contributed by atoms with Crippen LogP contribution in [0.5, 0.6) is 0 Å². The van der Waals surface area contributed by atoms with Crippen LogP contribution >= 0.6 is 23.2 Å². The van der Waals surface area contributed by atoms with E-state index in [1.807, 2.05) is 0 Å². The Morgan fingerprint density at radius 2 is 1.83 bits per heavy atom. The van der Waals surface area contributed by atoms with Crippen LogP contribution in [0.25, 0.3) is 0 Å². The van der Waals surface area contributed by atoms with Crippen LogP contribution in [0.15, 0.2) is 0 Å². The zero-order valence-electron chi connectivity index (χ0n) is 2.99. The highest BCUT2D eigenvalue weighted by molar-refractivity contribution is 6.51. The smallest absolute Gasteiger partial charge is 0.146 e. The van der Waals surface area contributed by atoms with Crippen molar-refractivity contribution in [2.45, 2.75) is 16.9 Å². The molecule has 0 unspecified atom stereocenters. The Morgan fingerprint density at radius 3 is 1.83 bits per heavy atom. The molecule has 36 valence electrons. The quantitative estimate of drug-likeness (QED) is 0.479. The number of aliphatic hydroxyl groups excluding tert-OH is 1. The number of hydrogen-bond acceptors (Lipinski definition) is 1. The molecular weight excluding hydrogens is 123 g/mol. The second kappa shape index (κ2) is 1.03. The topological polar surface area (TPSA) is 20.2 Å². The maximum atomic E-state index is 8.43. The summed E-state index contributed by atoms with van der Waals surface area (Å²) in [4.78, 5) is 0. The average molecular weight is 127 g/mol. The molecule has 1 saturated carbocycles. The molecule has 0 aliphatic heterocycles. The molecule has 0 aromatic rings. The second-order valence-electron chi connectivity index (χ2n) is 1.48. The highest BCUT2D eigenvalue weighted by Crippen LogP contribution is 2.46. The lowest BCUT2D eigenvalue weighted by molar-refractivity contribution is 0.276. The summed E-state index contributed by atoms with van der Waals surface area (Å²) in [5, 5.41) is 8.43. The van der Waals surface area contributed by atoms with E-state index in [4.69, 9.17) is 28.3 Å². The molecule has 0 radical (unpaired) electrons. The summed E-state index contributed by atoms with van der Waals surface area (Å²) in [7, 11) is 0. The SMILES string of the molecule is O[C@H]1CC1(Cl)Cl. The van der Waals surface area contributed by atoms with E-state index in [2.05, 4.69) is 0 Å². The molecule has 0 amide bonds. The lowest BCUT2D eigenvalue weighted by Crippen LogP contribution is -1.90. The molecule has 1 N–H and O–H groups in total. The summed E-state index contributed by atoms with van der Waals surface area (Å²) in [5.74, 6) is 0. The van der Waals surface area contributed by atoms with Gasteiger partial charge in [-0.05, 0) is 0 Å². The minimum absolute atomic E-state index is 0.471. The van der Waals surface area contributed by atoms with Crippen molar-refractivity contribution in [2.75, 3.05) is 0 Å². The van der Waals surface area contributed by atoms with Crippen molar-refractivity contribution < 1.29 is 5.11 Å². The van der Waals surface area contributed by atoms with E-state index in [0.717, 1.165) is 0 Å². The normalized spacial score (nSPS) is 39.5. The van der Waals surface area contributed by atoms with Crippen molar-refractivity contribution in [1.82, 2.24) is 0 Å². The first kappa shape index (κ1) is 4.69. The summed E-state index contributed by atoms with van der Waals surface area (Å²) in [5.41, 5.74) is 0. The monoisotopic (exact) mass is 126 g/mol. The van der Waals surface area contributed by atoms with E-state index >= 15 is 0 Å². The molecule has 1 aliphatic carbocycles. The second-order valence-corrected chi connectivity index (χ2v) is 3.02. The Balaban J connectivity index is 2.41. The van der Waals surface area contributed by atoms with Gasteiger partial charge in [0.25, 0.3) is 0 Å². The summed E-state index contributed by atoms with van der Waals surface area (Å²) in [6.45, 7) is 0. The van der Waals surface area contributed by atoms with Gasteiger partial charge in [-0.2, -0.15) is 0 Å². The molecule has 0 spiro atoms. The lowest BCUT2D eigenvalue weighted by Gasteiger charge is -1.84. The van der Waals surface area contributed by atoms with Crippen LogP contribution in [0.4, 0.5) is 0 Å². The van der Waals surface area contributed by atoms with Gasteiger partial charge in [-0.15, -0.1) is 0 Å². The van der Waals surface area contributed by atoms with E-state index in [9.17, 15) is 0 Å². The zero-order chi connectivity index (χ0) is 4.78. The van der Waals surface area contributed by atoms with Crippen molar-refractivity contribution in [1.29, 1.82) is 0 Å². The summed E-state index contributed by atoms with van der Waals surface area (Å²) in [6.07, 6.45) is 0.0525. The van der Waals surface area contributed by atoms with E-state index in [-0.39, 0.29) is 0 Å². The van der Waals surface area contributed by atoms with Crippen molar-refractivity contribution in [3.05, 3.63) is 0 Å². The maximum Gasteiger partial charge on any atom is 0.146 e. The Morgan fingerprint density at radius 1 is 1.67 bits per heavy atom. The molecule has 1 rings (SSSR count). The van der Waals surface area contributed by atoms with E-state index < -0.39 is 10.4 Å². The van der Waals surface area contributed by atoms with Gasteiger partial charge in [0, 0.05) is 6.42 Å². The number of alkyl halides is 2. The van der Waals surface area contributed by atoms with Gasteiger partial charge in [0.05, 0.1) is 6.10 Å². The largest absolute Gasteiger partial charge is 0.390 e. The number of hydrogen-bond donors (Lipinski definition) is 1. The van der Waals surface area contributed by atoms with Crippen molar-refractivity contribution in [3.63, 3.8) is 0 Å². The molecular formula is C3H4Cl2O. The van der Waals surface area contributed by atoms with Crippen molar-refractivity contribution in [3.8, 4) is 0 Å². The van der Waals surface area contributed by atoms with E-state index in [1.54, 1.807) is 0 Å². The van der Waals surface area contributed by atoms with Crippen LogP contribution in [0.1, 0.15) is 6.42 Å². The van der Waals surface area contributed by atoms with Crippen LogP contribution < -0.4 is 0 Å². The third-order valence-corrected chi connectivity index (χ3v) is 1.61. The molecule has 0 bridgehead atoms. The van der Waals surface area contributed by atoms with Gasteiger partial charge in [-0.1, -0.05) is 23.2 Å². The molecule has 1 fully saturated rings. The molecule has 0 saturated heterocycles. The average Bonchev–Trinajstić information content (AvgIpc) is 1.73. The first-order valence-corrected chi connectivity index (χ1v) is 2.44. The number of rotatable bonds is 0. The number of aliphatic hydroxyl groups is 1. The third kappa shape index (κ3) is 0.625. The predicted molar refractivity (Wildman–Crippen MR) is 25.1 cm³/mol. The van der Waals surface area contributed by atoms with Crippen LogP contribution in [-0.2, 0) is 0 Å². The van der Waals surface area contributed by atoms with Gasteiger partial charge >= 0.3 is 0 Å². The highest BCUT2D eigenvalue weighted by atomic mass is 35.5. The first-order valence-electron chi connectivity index (χ1n) is 1.69. The Hall–Kier alpha value is 0.540. The first-order chi connectivity index (χ1) is 2.63. The minimum Gasteiger partial charge on any atom is -0.390 e. The van der Waals surface area contributed by atoms with Gasteiger partial charge in [-0.3, -0.25) is 0 Å². The molecule has 1 nitrogen and oxygen atoms in total. The van der Waals surface area contributed by atoms with Crippen LogP contribution in [-0.4, -0.2) is 15.5 Å². The molecule has 6 heavy (non-hydrogen) atoms. The van der Waals surface area contributed by atoms with Crippen LogP contribution in [0.3, 0.4) is 0 Å². The molecule has 1 atom stereocenters. The molecule has 0 aromatic heterocycles. The number of halogens is 2. The van der Waals surface area contributed by atoms with Crippen molar-refractivity contribution in [2.24, 2.45) is 0 Å². The molecule has 3 heteroatoms. The standard InChI is InChI=1S/C3H4Cl2O/c4-3(5)1-2(3)6/h2,6H,1H2/t2-/m0/s1. The highest BCUT2D eigenvalue weighted by Gasteiger charge is 2.50. The summed E-state index contributed by atoms with van der Waals surface area (Å²) >= 11 is 10.6. The Labute approximate surface area is 45.9 Å². The summed E-state index contributed by atoms with van der Waals surface area (Å²) in [6, 6.07) is 0. The fourth-order valence-corrected chi connectivity index (χ4v) is 0.491. The van der Waals surface area contributed by atoms with Gasteiger partial charge in [0.1, 0.15) is 4.33 Å². The van der Waals surface area contributed by atoms with Gasteiger partial charge in [0.2, 0.25) is 0 Å². The Kier molecular flexibility index (Phi) is 0.804. The Bertz CT molecular complexity index is 71.2.